The molecule has 2 aromatic rings. The second-order valence-electron chi connectivity index (χ2n) is 8.19. The van der Waals surface area contributed by atoms with Gasteiger partial charge in [-0.05, 0) is 56.8 Å². The van der Waals surface area contributed by atoms with Crippen LogP contribution in [0.3, 0.4) is 0 Å². The zero-order valence-electron chi connectivity index (χ0n) is 17.4. The summed E-state index contributed by atoms with van der Waals surface area (Å²) in [6, 6.07) is 2.74. The predicted octanol–water partition coefficient (Wildman–Crippen LogP) is 3.75. The number of likely N-dealkylation sites (tertiary alicyclic amines) is 1. The van der Waals surface area contributed by atoms with Crippen LogP contribution in [0.4, 0.5) is 19.6 Å². The van der Waals surface area contributed by atoms with Crippen molar-refractivity contribution in [1.82, 2.24) is 15.2 Å². The van der Waals surface area contributed by atoms with Crippen molar-refractivity contribution in [3.63, 3.8) is 0 Å². The van der Waals surface area contributed by atoms with E-state index in [1.165, 1.54) is 12.8 Å². The minimum Gasteiger partial charge on any atom is -0.384 e. The molecule has 0 spiro atoms. The minimum absolute atomic E-state index is 0.0896. The second-order valence-corrected chi connectivity index (χ2v) is 11.2. The highest BCUT2D eigenvalue weighted by molar-refractivity contribution is 7.93. The van der Waals surface area contributed by atoms with E-state index in [-0.39, 0.29) is 10.2 Å². The first-order valence-electron chi connectivity index (χ1n) is 10.6. The molecule has 0 saturated carbocycles. The van der Waals surface area contributed by atoms with Crippen LogP contribution in [0, 0.1) is 16.9 Å². The highest BCUT2D eigenvalue weighted by Gasteiger charge is 2.33. The Morgan fingerprint density at radius 3 is 2.88 bits per heavy atom. The van der Waals surface area contributed by atoms with Gasteiger partial charge in [-0.3, -0.25) is 4.72 Å². The summed E-state index contributed by atoms with van der Waals surface area (Å²) in [7, 11) is -4.28. The Labute approximate surface area is 195 Å². The SMILES string of the molecule is O=S(=O)(Nc1ncc(F)s1)c1cc(Cl)c(NCCCCN2C[C@H]3CCCN[C@H]3C2)cc1F. The van der Waals surface area contributed by atoms with Crippen LogP contribution < -0.4 is 15.4 Å². The Hall–Kier alpha value is -1.53. The molecular formula is C20H26ClF2N5O2S2. The number of aromatic nitrogens is 1. The third-order valence-corrected chi connectivity index (χ3v) is 8.40. The van der Waals surface area contributed by atoms with Crippen LogP contribution in [0.5, 0.6) is 0 Å². The maximum atomic E-state index is 14.5. The van der Waals surface area contributed by atoms with Gasteiger partial charge in [-0.2, -0.15) is 4.39 Å². The van der Waals surface area contributed by atoms with Gasteiger partial charge in [-0.25, -0.2) is 17.8 Å². The molecule has 2 atom stereocenters. The van der Waals surface area contributed by atoms with Crippen LogP contribution in [-0.4, -0.2) is 57.1 Å². The molecule has 0 aliphatic carbocycles. The van der Waals surface area contributed by atoms with Gasteiger partial charge in [0.25, 0.3) is 10.0 Å². The van der Waals surface area contributed by atoms with Crippen molar-refractivity contribution in [3.8, 4) is 0 Å². The van der Waals surface area contributed by atoms with Gasteiger partial charge in [0, 0.05) is 25.7 Å². The number of sulfonamides is 1. The molecule has 2 aliphatic heterocycles. The molecule has 7 nitrogen and oxygen atoms in total. The van der Waals surface area contributed by atoms with Crippen molar-refractivity contribution in [2.75, 3.05) is 42.8 Å². The molecule has 0 radical (unpaired) electrons. The first kappa shape index (κ1) is 23.6. The molecule has 3 N–H and O–H groups in total. The summed E-state index contributed by atoms with van der Waals surface area (Å²) < 4.78 is 54.5. The van der Waals surface area contributed by atoms with Crippen molar-refractivity contribution in [2.24, 2.45) is 5.92 Å². The van der Waals surface area contributed by atoms with Crippen LogP contribution in [0.25, 0.3) is 0 Å². The van der Waals surface area contributed by atoms with E-state index < -0.39 is 25.9 Å². The van der Waals surface area contributed by atoms with Crippen LogP contribution in [-0.2, 0) is 10.0 Å². The van der Waals surface area contributed by atoms with E-state index >= 15 is 0 Å². The zero-order chi connectivity index (χ0) is 22.7. The third-order valence-electron chi connectivity index (χ3n) is 5.90. The van der Waals surface area contributed by atoms with Crippen molar-refractivity contribution in [3.05, 3.63) is 34.3 Å². The van der Waals surface area contributed by atoms with Crippen molar-refractivity contribution >= 4 is 43.8 Å². The van der Waals surface area contributed by atoms with E-state index in [2.05, 4.69) is 25.2 Å². The van der Waals surface area contributed by atoms with E-state index in [0.717, 1.165) is 63.3 Å². The molecule has 3 heterocycles. The fourth-order valence-corrected chi connectivity index (χ4v) is 6.51. The molecular weight excluding hydrogens is 480 g/mol. The molecule has 1 aromatic carbocycles. The number of unbranched alkanes of at least 4 members (excludes halogenated alkanes) is 1. The number of hydrogen-bond donors (Lipinski definition) is 3. The standard InChI is InChI=1S/C20H26ClF2N5O2S2/c21-14-8-18(32(29,30)27-20-26-10-19(23)31-20)15(22)9-16(14)24-5-1-2-7-28-11-13-4-3-6-25-17(13)12-28/h8-10,13,17,24-25H,1-7,11-12H2,(H,26,27)/t13-,17+/m1/s1. The summed E-state index contributed by atoms with van der Waals surface area (Å²) in [6.07, 6.45) is 5.34. The van der Waals surface area contributed by atoms with Gasteiger partial charge < -0.3 is 15.5 Å². The molecule has 0 amide bonds. The van der Waals surface area contributed by atoms with E-state index in [1.807, 2.05) is 0 Å². The Kier molecular flexibility index (Phi) is 7.51. The molecule has 4 rings (SSSR count). The normalized spacial score (nSPS) is 21.5. The number of rotatable bonds is 9. The highest BCUT2D eigenvalue weighted by atomic mass is 35.5. The maximum Gasteiger partial charge on any atom is 0.266 e. The quantitative estimate of drug-likeness (QED) is 0.450. The summed E-state index contributed by atoms with van der Waals surface area (Å²) in [5.41, 5.74) is 0.333. The summed E-state index contributed by atoms with van der Waals surface area (Å²) in [6.45, 7) is 5.00. The van der Waals surface area contributed by atoms with Gasteiger partial charge in [0.1, 0.15) is 10.7 Å². The Balaban J connectivity index is 1.27. The topological polar surface area (TPSA) is 86.4 Å². The second kappa shape index (κ2) is 10.2. The van der Waals surface area contributed by atoms with Gasteiger partial charge in [-0.1, -0.05) is 22.9 Å². The number of nitrogens with one attached hydrogen (secondary N) is 3. The van der Waals surface area contributed by atoms with E-state index in [1.54, 1.807) is 0 Å². The lowest BCUT2D eigenvalue weighted by atomic mass is 9.94. The van der Waals surface area contributed by atoms with Crippen molar-refractivity contribution in [1.29, 1.82) is 0 Å². The Bertz CT molecular complexity index is 1040. The molecule has 32 heavy (non-hydrogen) atoms. The van der Waals surface area contributed by atoms with Gasteiger partial charge in [0.05, 0.1) is 16.9 Å². The van der Waals surface area contributed by atoms with Gasteiger partial charge in [0.15, 0.2) is 10.3 Å². The number of benzene rings is 1. The number of anilines is 2. The largest absolute Gasteiger partial charge is 0.384 e. The first-order chi connectivity index (χ1) is 15.3. The van der Waals surface area contributed by atoms with E-state index in [0.29, 0.717) is 29.6 Å². The first-order valence-corrected chi connectivity index (χ1v) is 13.3. The Morgan fingerprint density at radius 2 is 2.12 bits per heavy atom. The average Bonchev–Trinajstić information content (AvgIpc) is 3.34. The molecule has 0 bridgehead atoms. The number of fused-ring (bicyclic) bond motifs is 1. The fraction of sp³-hybridized carbons (Fsp3) is 0.550. The molecule has 176 valence electrons. The smallest absolute Gasteiger partial charge is 0.266 e. The van der Waals surface area contributed by atoms with E-state index in [4.69, 9.17) is 11.6 Å². The summed E-state index contributed by atoms with van der Waals surface area (Å²) in [5, 5.41) is 5.94. The Morgan fingerprint density at radius 1 is 1.28 bits per heavy atom. The lowest BCUT2D eigenvalue weighted by molar-refractivity contribution is 0.314. The van der Waals surface area contributed by atoms with Gasteiger partial charge >= 0.3 is 0 Å². The number of hydrogen-bond acceptors (Lipinski definition) is 7. The predicted molar refractivity (Wildman–Crippen MR) is 123 cm³/mol. The molecule has 2 aliphatic rings. The molecule has 12 heteroatoms. The highest BCUT2D eigenvalue weighted by Crippen LogP contribution is 2.30. The van der Waals surface area contributed by atoms with Gasteiger partial charge in [-0.15, -0.1) is 0 Å². The zero-order valence-corrected chi connectivity index (χ0v) is 19.8. The van der Waals surface area contributed by atoms with Crippen LogP contribution in [0.1, 0.15) is 25.7 Å². The molecule has 2 fully saturated rings. The summed E-state index contributed by atoms with van der Waals surface area (Å²) in [5.74, 6) is -0.184. The summed E-state index contributed by atoms with van der Waals surface area (Å²) in [4.78, 5) is 5.47. The molecule has 0 unspecified atom stereocenters. The maximum absolute atomic E-state index is 14.5. The number of thiazole rings is 1. The van der Waals surface area contributed by atoms with Crippen LogP contribution in [0.2, 0.25) is 5.02 Å². The summed E-state index contributed by atoms with van der Waals surface area (Å²) >= 11 is 6.70. The number of piperidine rings is 1. The monoisotopic (exact) mass is 505 g/mol. The third kappa shape index (κ3) is 5.69. The van der Waals surface area contributed by atoms with Crippen LogP contribution in [0.15, 0.2) is 23.2 Å². The van der Waals surface area contributed by atoms with E-state index in [9.17, 15) is 17.2 Å². The van der Waals surface area contributed by atoms with Crippen LogP contribution >= 0.6 is 22.9 Å². The number of nitrogens with zero attached hydrogens (tertiary/aromatic N) is 2. The average molecular weight is 506 g/mol. The van der Waals surface area contributed by atoms with Crippen molar-refractivity contribution < 1.29 is 17.2 Å². The minimum atomic E-state index is -4.28. The molecule has 2 saturated heterocycles. The lowest BCUT2D eigenvalue weighted by Crippen LogP contribution is -2.40. The van der Waals surface area contributed by atoms with Gasteiger partial charge in [0.2, 0.25) is 0 Å². The molecule has 1 aromatic heterocycles. The number of halogens is 3. The fourth-order valence-electron chi connectivity index (χ4n) is 4.34. The van der Waals surface area contributed by atoms with Crippen molar-refractivity contribution in [2.45, 2.75) is 36.6 Å². The lowest BCUT2D eigenvalue weighted by Gasteiger charge is -2.24.